The van der Waals surface area contributed by atoms with Crippen LogP contribution in [0.15, 0.2) is 71.6 Å². The van der Waals surface area contributed by atoms with E-state index in [9.17, 15) is 13.2 Å². The van der Waals surface area contributed by atoms with E-state index in [1.165, 1.54) is 24.3 Å². The van der Waals surface area contributed by atoms with E-state index in [1.807, 2.05) is 6.92 Å². The summed E-state index contributed by atoms with van der Waals surface area (Å²) >= 11 is 18.4. The maximum Gasteiger partial charge on any atom is 0.243 e. The summed E-state index contributed by atoms with van der Waals surface area (Å²) in [7, 11) is -4.07. The summed E-state index contributed by atoms with van der Waals surface area (Å²) in [5.74, 6) is 0.135. The molecule has 0 aromatic heterocycles. The van der Waals surface area contributed by atoms with E-state index in [0.717, 1.165) is 4.31 Å². The summed E-state index contributed by atoms with van der Waals surface area (Å²) in [6.07, 6.45) is 0. The number of carbonyl (C=O) groups is 1. The lowest BCUT2D eigenvalue weighted by Gasteiger charge is -2.23. The molecule has 6 nitrogen and oxygen atoms in total. The monoisotopic (exact) mass is 526 g/mol. The van der Waals surface area contributed by atoms with E-state index in [0.29, 0.717) is 38.7 Å². The molecule has 0 bridgehead atoms. The van der Waals surface area contributed by atoms with Crippen LogP contribution in [0.2, 0.25) is 15.1 Å². The molecule has 0 aliphatic carbocycles. The van der Waals surface area contributed by atoms with Gasteiger partial charge in [0.05, 0.1) is 18.0 Å². The van der Waals surface area contributed by atoms with Crippen LogP contribution in [0.25, 0.3) is 0 Å². The van der Waals surface area contributed by atoms with E-state index >= 15 is 0 Å². The number of nitrogens with one attached hydrogen (secondary N) is 1. The summed E-state index contributed by atoms with van der Waals surface area (Å²) in [6, 6.07) is 17.3. The van der Waals surface area contributed by atoms with E-state index in [-0.39, 0.29) is 11.4 Å². The third-order valence-corrected chi connectivity index (χ3v) is 7.38. The number of rotatable bonds is 9. The Labute approximate surface area is 208 Å². The maximum absolute atomic E-state index is 13.4. The second-order valence-corrected chi connectivity index (χ2v) is 10.1. The van der Waals surface area contributed by atoms with Crippen LogP contribution in [0.4, 0.5) is 5.69 Å². The first-order valence-corrected chi connectivity index (χ1v) is 12.5. The minimum Gasteiger partial charge on any atom is -0.494 e. The number of benzene rings is 3. The Kier molecular flexibility index (Phi) is 8.62. The van der Waals surface area contributed by atoms with Gasteiger partial charge in [-0.15, -0.1) is 0 Å². The molecule has 0 aliphatic heterocycles. The first-order valence-electron chi connectivity index (χ1n) is 9.92. The fraction of sp³-hybridized carbons (Fsp3) is 0.174. The van der Waals surface area contributed by atoms with Crippen LogP contribution in [0.5, 0.6) is 5.75 Å². The Morgan fingerprint density at radius 1 is 0.939 bits per heavy atom. The highest BCUT2D eigenvalue weighted by Gasteiger charge is 2.28. The molecule has 0 fully saturated rings. The molecule has 1 N–H and O–H groups in total. The van der Waals surface area contributed by atoms with Crippen LogP contribution < -0.4 is 10.1 Å². The topological polar surface area (TPSA) is 75.7 Å². The Morgan fingerprint density at radius 2 is 1.55 bits per heavy atom. The fourth-order valence-electron chi connectivity index (χ4n) is 3.00. The number of ether oxygens (including phenoxy) is 1. The van der Waals surface area contributed by atoms with Crippen LogP contribution in [-0.4, -0.2) is 31.8 Å². The van der Waals surface area contributed by atoms with Crippen molar-refractivity contribution in [3.05, 3.63) is 87.4 Å². The molecule has 3 aromatic carbocycles. The van der Waals surface area contributed by atoms with Crippen molar-refractivity contribution in [1.29, 1.82) is 0 Å². The van der Waals surface area contributed by atoms with Crippen molar-refractivity contribution in [3.8, 4) is 5.75 Å². The highest BCUT2D eigenvalue weighted by molar-refractivity contribution is 7.89. The molecule has 0 heterocycles. The zero-order chi connectivity index (χ0) is 24.0. The smallest absolute Gasteiger partial charge is 0.243 e. The van der Waals surface area contributed by atoms with Gasteiger partial charge in [0.1, 0.15) is 5.75 Å². The van der Waals surface area contributed by atoms with Crippen molar-refractivity contribution in [2.45, 2.75) is 18.4 Å². The summed E-state index contributed by atoms with van der Waals surface area (Å²) in [5, 5.41) is 3.69. The van der Waals surface area contributed by atoms with Gasteiger partial charge in [0.2, 0.25) is 15.9 Å². The Balaban J connectivity index is 1.87. The van der Waals surface area contributed by atoms with Gasteiger partial charge in [0.15, 0.2) is 0 Å². The average Bonchev–Trinajstić information content (AvgIpc) is 2.77. The lowest BCUT2D eigenvalue weighted by molar-refractivity contribution is -0.116. The van der Waals surface area contributed by atoms with Gasteiger partial charge in [-0.3, -0.25) is 4.79 Å². The van der Waals surface area contributed by atoms with Crippen LogP contribution in [-0.2, 0) is 21.4 Å². The van der Waals surface area contributed by atoms with Crippen LogP contribution >= 0.6 is 34.8 Å². The molecule has 3 aromatic rings. The van der Waals surface area contributed by atoms with Gasteiger partial charge in [-0.05, 0) is 67.6 Å². The molecule has 10 heteroatoms. The normalized spacial score (nSPS) is 11.4. The second-order valence-electron chi connectivity index (χ2n) is 6.93. The molecule has 174 valence electrons. The number of carbonyl (C=O) groups excluding carboxylic acids is 1. The van der Waals surface area contributed by atoms with E-state index < -0.39 is 22.5 Å². The van der Waals surface area contributed by atoms with Crippen molar-refractivity contribution in [2.75, 3.05) is 18.5 Å². The van der Waals surface area contributed by atoms with Crippen molar-refractivity contribution in [1.82, 2.24) is 4.31 Å². The molecule has 0 unspecified atom stereocenters. The second kappa shape index (κ2) is 11.2. The molecule has 33 heavy (non-hydrogen) atoms. The van der Waals surface area contributed by atoms with Crippen LogP contribution in [0, 0.1) is 0 Å². The van der Waals surface area contributed by atoms with Crippen molar-refractivity contribution < 1.29 is 17.9 Å². The molecule has 0 saturated carbocycles. The summed E-state index contributed by atoms with van der Waals surface area (Å²) in [5.41, 5.74) is 0.898. The van der Waals surface area contributed by atoms with Gasteiger partial charge in [0.25, 0.3) is 0 Å². The molecule has 1 amide bonds. The quantitative estimate of drug-likeness (QED) is 0.377. The summed E-state index contributed by atoms with van der Waals surface area (Å²) < 4.78 is 33.2. The zero-order valence-corrected chi connectivity index (χ0v) is 20.7. The molecule has 0 aliphatic rings. The summed E-state index contributed by atoms with van der Waals surface area (Å²) in [6.45, 7) is 1.74. The summed E-state index contributed by atoms with van der Waals surface area (Å²) in [4.78, 5) is 12.8. The SMILES string of the molecule is CCOc1ccc(NC(=O)CN(Cc2c(Cl)cccc2Cl)S(=O)(=O)c2ccc(Cl)cc2)cc1. The molecule has 0 spiro atoms. The number of halogens is 3. The third kappa shape index (κ3) is 6.62. The average molecular weight is 528 g/mol. The van der Waals surface area contributed by atoms with Gasteiger partial charge >= 0.3 is 0 Å². The number of anilines is 1. The standard InChI is InChI=1S/C23H21Cl3N2O4S/c1-2-32-18-10-8-17(9-11-18)27-23(29)15-28(14-20-21(25)4-3-5-22(20)26)33(30,31)19-12-6-16(24)7-13-19/h3-13H,2,14-15H2,1H3,(H,27,29). The van der Waals surface area contributed by atoms with Crippen LogP contribution in [0.3, 0.4) is 0 Å². The first-order chi connectivity index (χ1) is 15.7. The molecular weight excluding hydrogens is 507 g/mol. The highest BCUT2D eigenvalue weighted by atomic mass is 35.5. The predicted octanol–water partition coefficient (Wildman–Crippen LogP) is 5.88. The minimum atomic E-state index is -4.07. The number of hydrogen-bond donors (Lipinski definition) is 1. The first kappa shape index (κ1) is 25.3. The molecular formula is C23H21Cl3N2O4S. The zero-order valence-electron chi connectivity index (χ0n) is 17.6. The molecule has 3 rings (SSSR count). The van der Waals surface area contributed by atoms with E-state index in [4.69, 9.17) is 39.5 Å². The fourth-order valence-corrected chi connectivity index (χ4v) is 5.01. The van der Waals surface area contributed by atoms with Gasteiger partial charge in [-0.1, -0.05) is 40.9 Å². The Hall–Kier alpha value is -2.29. The largest absolute Gasteiger partial charge is 0.494 e. The number of amides is 1. The molecule has 0 atom stereocenters. The lowest BCUT2D eigenvalue weighted by atomic mass is 10.2. The van der Waals surface area contributed by atoms with Gasteiger partial charge in [-0.25, -0.2) is 8.42 Å². The van der Waals surface area contributed by atoms with Crippen molar-refractivity contribution in [3.63, 3.8) is 0 Å². The van der Waals surface area contributed by atoms with Crippen LogP contribution in [0.1, 0.15) is 12.5 Å². The van der Waals surface area contributed by atoms with Crippen molar-refractivity contribution in [2.24, 2.45) is 0 Å². The predicted molar refractivity (Wildman–Crippen MR) is 132 cm³/mol. The third-order valence-electron chi connectivity index (χ3n) is 4.62. The molecule has 0 saturated heterocycles. The molecule has 0 radical (unpaired) electrons. The highest BCUT2D eigenvalue weighted by Crippen LogP contribution is 2.28. The van der Waals surface area contributed by atoms with E-state index in [1.54, 1.807) is 42.5 Å². The van der Waals surface area contributed by atoms with Gasteiger partial charge in [-0.2, -0.15) is 4.31 Å². The Bertz CT molecular complexity index is 1200. The van der Waals surface area contributed by atoms with Gasteiger partial charge in [0, 0.05) is 32.9 Å². The lowest BCUT2D eigenvalue weighted by Crippen LogP contribution is -2.37. The number of hydrogen-bond acceptors (Lipinski definition) is 4. The number of nitrogens with zero attached hydrogens (tertiary/aromatic N) is 1. The van der Waals surface area contributed by atoms with E-state index in [2.05, 4.69) is 5.32 Å². The van der Waals surface area contributed by atoms with Gasteiger partial charge < -0.3 is 10.1 Å². The minimum absolute atomic E-state index is 0.0102. The maximum atomic E-state index is 13.4. The number of sulfonamides is 1. The Morgan fingerprint density at radius 3 is 2.12 bits per heavy atom. The van der Waals surface area contributed by atoms with Crippen molar-refractivity contribution >= 4 is 56.4 Å².